The number of amidine groups is 1. The van der Waals surface area contributed by atoms with E-state index in [0.29, 0.717) is 0 Å². The molecule has 0 spiro atoms. The molecular weight excluding hydrogens is 265 g/mol. The van der Waals surface area contributed by atoms with Gasteiger partial charge in [0.1, 0.15) is 12.5 Å². The molecule has 0 bridgehead atoms. The Hall–Kier alpha value is -1.84. The van der Waals surface area contributed by atoms with Crippen LogP contribution in [0.3, 0.4) is 0 Å². The van der Waals surface area contributed by atoms with Crippen LogP contribution < -0.4 is 0 Å². The minimum atomic E-state index is -0.430. The summed E-state index contributed by atoms with van der Waals surface area (Å²) in [4.78, 5) is 8.19. The van der Waals surface area contributed by atoms with Crippen molar-refractivity contribution in [1.29, 1.82) is 0 Å². The van der Waals surface area contributed by atoms with Crippen LogP contribution in [0.15, 0.2) is 53.5 Å². The monoisotopic (exact) mass is 293 g/mol. The average molecular weight is 293 g/mol. The summed E-state index contributed by atoms with van der Waals surface area (Å²) in [6, 6.07) is 0. The zero-order chi connectivity index (χ0) is 16.4. The van der Waals surface area contributed by atoms with Gasteiger partial charge in [0.2, 0.25) is 0 Å². The summed E-state index contributed by atoms with van der Waals surface area (Å²) in [6.45, 7) is 13.5. The Balaban J connectivity index is 5.30. The van der Waals surface area contributed by atoms with Gasteiger partial charge in [-0.3, -0.25) is 0 Å². The third-order valence-corrected chi connectivity index (χ3v) is 3.20. The minimum absolute atomic E-state index is 0.286. The Kier molecular flexibility index (Phi) is 9.10. The molecule has 0 N–H and O–H groups in total. The summed E-state index contributed by atoms with van der Waals surface area (Å²) >= 11 is 0. The minimum Gasteiger partial charge on any atom is -0.366 e. The largest absolute Gasteiger partial charge is 0.366 e. The molecule has 0 aliphatic rings. The molecule has 0 aromatic carbocycles. The summed E-state index contributed by atoms with van der Waals surface area (Å²) in [5.74, 6) is 0.900. The SMILES string of the molecule is C=CC=C(CC)N(CCF)C(=C)C(C)=CN=C(C)N(C)C. The fraction of sp³-hybridized carbons (Fsp3) is 0.471. The molecule has 0 saturated carbocycles. The molecule has 0 aliphatic carbocycles. The van der Waals surface area contributed by atoms with Gasteiger partial charge in [-0.15, -0.1) is 0 Å². The zero-order valence-corrected chi connectivity index (χ0v) is 14.0. The van der Waals surface area contributed by atoms with Crippen molar-refractivity contribution >= 4 is 5.84 Å². The molecule has 0 heterocycles. The quantitative estimate of drug-likeness (QED) is 0.380. The molecular formula is C17H28FN3. The van der Waals surface area contributed by atoms with Crippen molar-refractivity contribution in [3.8, 4) is 0 Å². The molecule has 4 heteroatoms. The van der Waals surface area contributed by atoms with E-state index in [9.17, 15) is 4.39 Å². The molecule has 0 fully saturated rings. The summed E-state index contributed by atoms with van der Waals surface area (Å²) in [5, 5.41) is 0. The van der Waals surface area contributed by atoms with E-state index in [4.69, 9.17) is 0 Å². The summed E-state index contributed by atoms with van der Waals surface area (Å²) < 4.78 is 12.8. The van der Waals surface area contributed by atoms with E-state index in [-0.39, 0.29) is 6.54 Å². The number of rotatable bonds is 8. The standard InChI is InChI=1S/C17H28FN3/c1-8-10-17(9-2)21(12-11-18)15(4)14(3)13-19-16(5)20(6)7/h8,10,13H,1,4,9,11-12H2,2-3,5-7H3. The van der Waals surface area contributed by atoms with E-state index in [1.54, 1.807) is 12.3 Å². The van der Waals surface area contributed by atoms with Crippen LogP contribution in [-0.4, -0.2) is 43.0 Å². The lowest BCUT2D eigenvalue weighted by Crippen LogP contribution is -2.25. The van der Waals surface area contributed by atoms with Gasteiger partial charge in [-0.1, -0.05) is 26.2 Å². The Morgan fingerprint density at radius 3 is 2.33 bits per heavy atom. The van der Waals surface area contributed by atoms with Crippen LogP contribution in [0.4, 0.5) is 4.39 Å². The summed E-state index contributed by atoms with van der Waals surface area (Å²) in [5.41, 5.74) is 2.67. The Morgan fingerprint density at radius 2 is 1.90 bits per heavy atom. The van der Waals surface area contributed by atoms with Gasteiger partial charge < -0.3 is 9.80 Å². The molecule has 0 aromatic heterocycles. The normalized spacial score (nSPS) is 13.1. The number of aliphatic imine (C=N–C) groups is 1. The van der Waals surface area contributed by atoms with Crippen molar-refractivity contribution in [3.63, 3.8) is 0 Å². The second-order valence-electron chi connectivity index (χ2n) is 4.92. The van der Waals surface area contributed by atoms with Gasteiger partial charge in [-0.05, 0) is 31.9 Å². The Morgan fingerprint density at radius 1 is 1.29 bits per heavy atom. The van der Waals surface area contributed by atoms with Crippen LogP contribution >= 0.6 is 0 Å². The molecule has 118 valence electrons. The first-order chi connectivity index (χ1) is 9.88. The van der Waals surface area contributed by atoms with Crippen molar-refractivity contribution in [2.75, 3.05) is 27.3 Å². The first-order valence-electron chi connectivity index (χ1n) is 7.11. The second-order valence-corrected chi connectivity index (χ2v) is 4.92. The molecule has 0 atom stereocenters. The molecule has 0 saturated heterocycles. The van der Waals surface area contributed by atoms with Crippen LogP contribution in [0, 0.1) is 0 Å². The molecule has 21 heavy (non-hydrogen) atoms. The van der Waals surface area contributed by atoms with Gasteiger partial charge in [-0.2, -0.15) is 0 Å². The van der Waals surface area contributed by atoms with E-state index >= 15 is 0 Å². The van der Waals surface area contributed by atoms with Crippen molar-refractivity contribution < 1.29 is 4.39 Å². The maximum atomic E-state index is 12.8. The van der Waals surface area contributed by atoms with E-state index in [1.165, 1.54) is 0 Å². The molecule has 0 aromatic rings. The van der Waals surface area contributed by atoms with Gasteiger partial charge in [0, 0.05) is 31.7 Å². The topological polar surface area (TPSA) is 18.8 Å². The molecule has 0 unspecified atom stereocenters. The number of nitrogens with zero attached hydrogens (tertiary/aromatic N) is 3. The molecule has 0 radical (unpaired) electrons. The fourth-order valence-electron chi connectivity index (χ4n) is 1.66. The van der Waals surface area contributed by atoms with Crippen LogP contribution in [0.5, 0.6) is 0 Å². The van der Waals surface area contributed by atoms with Crippen molar-refractivity contribution in [2.24, 2.45) is 4.99 Å². The number of halogens is 1. The average Bonchev–Trinajstić information content (AvgIpc) is 2.46. The maximum Gasteiger partial charge on any atom is 0.107 e. The van der Waals surface area contributed by atoms with E-state index in [2.05, 4.69) is 18.2 Å². The smallest absolute Gasteiger partial charge is 0.107 e. The summed E-state index contributed by atoms with van der Waals surface area (Å²) in [6.07, 6.45) is 6.16. The van der Waals surface area contributed by atoms with E-state index < -0.39 is 6.67 Å². The van der Waals surface area contributed by atoms with Gasteiger partial charge >= 0.3 is 0 Å². The maximum absolute atomic E-state index is 12.8. The van der Waals surface area contributed by atoms with Gasteiger partial charge in [0.15, 0.2) is 0 Å². The number of hydrogen-bond donors (Lipinski definition) is 0. The number of alkyl halides is 1. The third-order valence-electron chi connectivity index (χ3n) is 3.20. The third kappa shape index (κ3) is 6.43. The number of allylic oxidation sites excluding steroid dienone is 4. The first kappa shape index (κ1) is 19.2. The molecule has 3 nitrogen and oxygen atoms in total. The lowest BCUT2D eigenvalue weighted by atomic mass is 10.1. The van der Waals surface area contributed by atoms with Crippen LogP contribution in [0.1, 0.15) is 27.2 Å². The number of hydrogen-bond acceptors (Lipinski definition) is 2. The highest BCUT2D eigenvalue weighted by Crippen LogP contribution is 2.21. The van der Waals surface area contributed by atoms with Crippen LogP contribution in [-0.2, 0) is 0 Å². The zero-order valence-electron chi connectivity index (χ0n) is 14.0. The predicted octanol–water partition coefficient (Wildman–Crippen LogP) is 4.14. The lowest BCUT2D eigenvalue weighted by Gasteiger charge is -2.28. The lowest BCUT2D eigenvalue weighted by molar-refractivity contribution is 0.355. The second kappa shape index (κ2) is 9.97. The Labute approximate surface area is 128 Å². The molecule has 0 aliphatic heterocycles. The van der Waals surface area contributed by atoms with Crippen molar-refractivity contribution in [1.82, 2.24) is 9.80 Å². The first-order valence-corrected chi connectivity index (χ1v) is 7.11. The van der Waals surface area contributed by atoms with E-state index in [0.717, 1.165) is 29.2 Å². The van der Waals surface area contributed by atoms with Gasteiger partial charge in [0.05, 0.1) is 6.54 Å². The summed E-state index contributed by atoms with van der Waals surface area (Å²) in [7, 11) is 3.88. The van der Waals surface area contributed by atoms with Gasteiger partial charge in [0.25, 0.3) is 0 Å². The Bertz CT molecular complexity index is 445. The van der Waals surface area contributed by atoms with Crippen LogP contribution in [0.2, 0.25) is 0 Å². The highest BCUT2D eigenvalue weighted by atomic mass is 19.1. The fourth-order valence-corrected chi connectivity index (χ4v) is 1.66. The van der Waals surface area contributed by atoms with Crippen LogP contribution in [0.25, 0.3) is 0 Å². The van der Waals surface area contributed by atoms with E-state index in [1.807, 2.05) is 50.7 Å². The van der Waals surface area contributed by atoms with Crippen molar-refractivity contribution in [2.45, 2.75) is 27.2 Å². The van der Waals surface area contributed by atoms with Crippen molar-refractivity contribution in [3.05, 3.63) is 48.5 Å². The highest BCUT2D eigenvalue weighted by molar-refractivity contribution is 5.79. The highest BCUT2D eigenvalue weighted by Gasteiger charge is 2.12. The molecule has 0 rings (SSSR count). The molecule has 0 amide bonds. The predicted molar refractivity (Wildman–Crippen MR) is 90.9 cm³/mol. The van der Waals surface area contributed by atoms with Gasteiger partial charge in [-0.25, -0.2) is 9.38 Å².